The maximum absolute atomic E-state index is 14.4. The highest BCUT2D eigenvalue weighted by molar-refractivity contribution is 9.10. The van der Waals surface area contributed by atoms with Crippen LogP contribution in [0.15, 0.2) is 119 Å². The molecular formula is C37H38BrN3O4. The zero-order valence-electron chi connectivity index (χ0n) is 25.5. The van der Waals surface area contributed by atoms with E-state index in [1.165, 1.54) is 0 Å². The minimum Gasteiger partial charge on any atom is -0.494 e. The van der Waals surface area contributed by atoms with Crippen LogP contribution in [0, 0.1) is 0 Å². The van der Waals surface area contributed by atoms with Gasteiger partial charge >= 0.3 is 0 Å². The van der Waals surface area contributed by atoms with Gasteiger partial charge in [-0.25, -0.2) is 4.99 Å². The smallest absolute Gasteiger partial charge is 0.252 e. The average Bonchev–Trinajstić information content (AvgIpc) is 3.45. The van der Waals surface area contributed by atoms with Gasteiger partial charge < -0.3 is 24.8 Å². The Hall–Kier alpha value is -4.40. The van der Waals surface area contributed by atoms with E-state index in [2.05, 4.69) is 21.2 Å². The van der Waals surface area contributed by atoms with Gasteiger partial charge in [0.2, 0.25) is 5.90 Å². The fraction of sp³-hybridized carbons (Fsp3) is 0.243. The van der Waals surface area contributed by atoms with Crippen LogP contribution in [0.25, 0.3) is 6.08 Å². The molecule has 0 spiro atoms. The number of carbonyl (C=O) groups excluding carboxylic acids is 1. The third-order valence-corrected chi connectivity index (χ3v) is 8.38. The molecule has 1 aliphatic heterocycles. The Labute approximate surface area is 273 Å². The molecule has 0 aromatic heterocycles. The Morgan fingerprint density at radius 1 is 1.00 bits per heavy atom. The molecular weight excluding hydrogens is 630 g/mol. The fourth-order valence-corrected chi connectivity index (χ4v) is 5.66. The van der Waals surface area contributed by atoms with Crippen LogP contribution >= 0.6 is 15.9 Å². The van der Waals surface area contributed by atoms with Crippen molar-refractivity contribution in [2.75, 3.05) is 32.2 Å². The lowest BCUT2D eigenvalue weighted by atomic mass is 9.84. The van der Waals surface area contributed by atoms with Gasteiger partial charge in [0.1, 0.15) is 5.75 Å². The number of hydrogen-bond acceptors (Lipinski definition) is 6. The molecule has 1 amide bonds. The number of benzene rings is 4. The van der Waals surface area contributed by atoms with Gasteiger partial charge in [0, 0.05) is 61.4 Å². The third kappa shape index (κ3) is 7.82. The summed E-state index contributed by atoms with van der Waals surface area (Å²) in [7, 11) is 4.00. The highest BCUT2D eigenvalue weighted by Crippen LogP contribution is 2.45. The molecule has 0 aliphatic carbocycles. The number of hydrogen-bond donors (Lipinski definition) is 2. The number of aliphatic imine (C=N–C) groups is 1. The maximum Gasteiger partial charge on any atom is 0.252 e. The Kier molecular flexibility index (Phi) is 10.7. The minimum absolute atomic E-state index is 0.0728. The number of aliphatic hydroxyl groups is 1. The van der Waals surface area contributed by atoms with E-state index >= 15 is 0 Å². The standard InChI is InChI=1S/C37H38BrN3O4/c1-41(2)30-19-15-28(16-20-30)26-39-36(43)37(23-8-12-27-10-4-3-5-11-27)34(32-13-6-7-14-33(32)38)45-35(40-37)29-17-21-31(22-18-29)44-25-9-24-42/h3-8,10-22,34,42H,9,23-26H2,1-2H3,(H,39,43)/b12-8+/t34-,37-/m1/s1. The molecule has 5 rings (SSSR count). The van der Waals surface area contributed by atoms with E-state index in [9.17, 15) is 4.79 Å². The number of rotatable bonds is 13. The Morgan fingerprint density at radius 2 is 1.71 bits per heavy atom. The number of anilines is 1. The Morgan fingerprint density at radius 3 is 2.40 bits per heavy atom. The summed E-state index contributed by atoms with van der Waals surface area (Å²) in [6.07, 6.45) is 4.18. The first-order chi connectivity index (χ1) is 21.9. The first kappa shape index (κ1) is 32.0. The number of nitrogens with one attached hydrogen (secondary N) is 1. The van der Waals surface area contributed by atoms with Crippen LogP contribution < -0.4 is 15.0 Å². The summed E-state index contributed by atoms with van der Waals surface area (Å²) >= 11 is 3.70. The molecule has 7 nitrogen and oxygen atoms in total. The van der Waals surface area contributed by atoms with E-state index in [0.717, 1.165) is 32.4 Å². The topological polar surface area (TPSA) is 83.4 Å². The molecule has 8 heteroatoms. The largest absolute Gasteiger partial charge is 0.494 e. The van der Waals surface area contributed by atoms with E-state index in [1.807, 2.05) is 134 Å². The summed E-state index contributed by atoms with van der Waals surface area (Å²) in [4.78, 5) is 21.6. The fourth-order valence-electron chi connectivity index (χ4n) is 5.17. The zero-order valence-corrected chi connectivity index (χ0v) is 27.1. The van der Waals surface area contributed by atoms with Crippen molar-refractivity contribution in [2.45, 2.75) is 31.0 Å². The molecule has 4 aromatic carbocycles. The van der Waals surface area contributed by atoms with Crippen LogP contribution in [0.4, 0.5) is 5.69 Å². The van der Waals surface area contributed by atoms with Gasteiger partial charge in [-0.2, -0.15) is 0 Å². The summed E-state index contributed by atoms with van der Waals surface area (Å²) in [5.74, 6) is 0.844. The summed E-state index contributed by atoms with van der Waals surface area (Å²) < 4.78 is 13.2. The normalized spacial score (nSPS) is 17.5. The second-order valence-corrected chi connectivity index (χ2v) is 11.9. The van der Waals surface area contributed by atoms with Crippen molar-refractivity contribution in [3.8, 4) is 5.75 Å². The van der Waals surface area contributed by atoms with E-state index in [1.54, 1.807) is 0 Å². The SMILES string of the molecule is CN(C)c1ccc(CNC(=O)[C@]2(C/C=C/c3ccccc3)N=C(c3ccc(OCCCO)cc3)O[C@@H]2c2ccccc2Br)cc1. The number of amides is 1. The van der Waals surface area contributed by atoms with Crippen molar-refractivity contribution in [3.05, 3.63) is 136 Å². The van der Waals surface area contributed by atoms with Crippen molar-refractivity contribution in [3.63, 3.8) is 0 Å². The second-order valence-electron chi connectivity index (χ2n) is 11.1. The van der Waals surface area contributed by atoms with E-state index in [-0.39, 0.29) is 12.5 Å². The molecule has 45 heavy (non-hydrogen) atoms. The quantitative estimate of drug-likeness (QED) is 0.151. The van der Waals surface area contributed by atoms with Crippen LogP contribution in [0.1, 0.15) is 41.2 Å². The second kappa shape index (κ2) is 15.1. The molecule has 0 radical (unpaired) electrons. The van der Waals surface area contributed by atoms with Crippen molar-refractivity contribution in [2.24, 2.45) is 4.99 Å². The Balaban J connectivity index is 1.51. The first-order valence-corrected chi connectivity index (χ1v) is 15.8. The molecule has 2 atom stereocenters. The van der Waals surface area contributed by atoms with E-state index < -0.39 is 11.6 Å². The number of ether oxygens (including phenoxy) is 2. The van der Waals surface area contributed by atoms with Gasteiger partial charge in [0.05, 0.1) is 6.61 Å². The molecule has 232 valence electrons. The van der Waals surface area contributed by atoms with Crippen LogP contribution in [-0.4, -0.2) is 49.8 Å². The molecule has 0 fully saturated rings. The highest BCUT2D eigenvalue weighted by atomic mass is 79.9. The van der Waals surface area contributed by atoms with Gasteiger partial charge in [-0.15, -0.1) is 0 Å². The van der Waals surface area contributed by atoms with Crippen LogP contribution in [0.3, 0.4) is 0 Å². The molecule has 1 aliphatic rings. The van der Waals surface area contributed by atoms with Crippen LogP contribution in [0.5, 0.6) is 5.75 Å². The van der Waals surface area contributed by atoms with E-state index in [4.69, 9.17) is 19.6 Å². The van der Waals surface area contributed by atoms with Gasteiger partial charge in [-0.3, -0.25) is 4.79 Å². The summed E-state index contributed by atoms with van der Waals surface area (Å²) in [5, 5.41) is 12.2. The van der Waals surface area contributed by atoms with Crippen LogP contribution in [0.2, 0.25) is 0 Å². The summed E-state index contributed by atoms with van der Waals surface area (Å²) in [5.41, 5.74) is 3.39. The van der Waals surface area contributed by atoms with Gasteiger partial charge in [-0.1, -0.05) is 88.7 Å². The molecule has 0 bridgehead atoms. The predicted octanol–water partition coefficient (Wildman–Crippen LogP) is 6.95. The monoisotopic (exact) mass is 667 g/mol. The minimum atomic E-state index is -1.29. The molecule has 1 heterocycles. The molecule has 2 N–H and O–H groups in total. The molecule has 4 aromatic rings. The summed E-state index contributed by atoms with van der Waals surface area (Å²) in [6, 6.07) is 33.4. The zero-order chi connectivity index (χ0) is 31.6. The Bertz CT molecular complexity index is 1620. The number of carbonyl (C=O) groups is 1. The lowest BCUT2D eigenvalue weighted by Crippen LogP contribution is -2.47. The lowest BCUT2D eigenvalue weighted by molar-refractivity contribution is -0.129. The summed E-state index contributed by atoms with van der Waals surface area (Å²) in [6.45, 7) is 0.847. The molecule has 0 unspecified atom stereocenters. The average molecular weight is 669 g/mol. The highest BCUT2D eigenvalue weighted by Gasteiger charge is 2.53. The third-order valence-electron chi connectivity index (χ3n) is 7.66. The van der Waals surface area contributed by atoms with Crippen LogP contribution in [-0.2, 0) is 16.1 Å². The predicted molar refractivity (Wildman–Crippen MR) is 184 cm³/mol. The number of nitrogens with zero attached hydrogens (tertiary/aromatic N) is 2. The van der Waals surface area contributed by atoms with Crippen molar-refractivity contribution >= 4 is 39.5 Å². The lowest BCUT2D eigenvalue weighted by Gasteiger charge is -2.30. The van der Waals surface area contributed by atoms with Crippen molar-refractivity contribution in [1.82, 2.24) is 5.32 Å². The maximum atomic E-state index is 14.4. The molecule has 0 saturated heterocycles. The van der Waals surface area contributed by atoms with Gasteiger partial charge in [0.25, 0.3) is 5.91 Å². The first-order valence-electron chi connectivity index (χ1n) is 15.0. The molecule has 0 saturated carbocycles. The van der Waals surface area contributed by atoms with E-state index in [0.29, 0.717) is 37.6 Å². The van der Waals surface area contributed by atoms with Crippen molar-refractivity contribution < 1.29 is 19.4 Å². The van der Waals surface area contributed by atoms with Crippen molar-refractivity contribution in [1.29, 1.82) is 0 Å². The van der Waals surface area contributed by atoms with Gasteiger partial charge in [-0.05, 0) is 53.6 Å². The number of halogens is 1. The van der Waals surface area contributed by atoms with Gasteiger partial charge in [0.15, 0.2) is 11.6 Å². The number of aliphatic hydroxyl groups excluding tert-OH is 1.